The molecule has 6 heteroatoms. The summed E-state index contributed by atoms with van der Waals surface area (Å²) in [7, 11) is 1.60. The highest BCUT2D eigenvalue weighted by Gasteiger charge is 2.20. The van der Waals surface area contributed by atoms with Crippen LogP contribution < -0.4 is 14.2 Å². The Labute approximate surface area is 173 Å². The first kappa shape index (κ1) is 19.3. The number of carbonyl (C=O) groups excluding carboxylic acids is 1. The van der Waals surface area contributed by atoms with Crippen molar-refractivity contribution in [1.82, 2.24) is 4.98 Å². The smallest absolute Gasteiger partial charge is 0.497 e. The van der Waals surface area contributed by atoms with Gasteiger partial charge in [0.2, 0.25) is 5.89 Å². The Balaban J connectivity index is 1.60. The topological polar surface area (TPSA) is 70.8 Å². The van der Waals surface area contributed by atoms with Crippen LogP contribution in [0.15, 0.2) is 89.3 Å². The maximum absolute atomic E-state index is 12.3. The minimum absolute atomic E-state index is 0.00519. The van der Waals surface area contributed by atoms with E-state index < -0.39 is 6.16 Å². The van der Waals surface area contributed by atoms with Crippen LogP contribution in [-0.2, 0) is 6.42 Å². The maximum atomic E-state index is 12.3. The minimum atomic E-state index is -0.895. The fourth-order valence-corrected chi connectivity index (χ4v) is 2.86. The van der Waals surface area contributed by atoms with Crippen molar-refractivity contribution in [3.05, 3.63) is 96.2 Å². The van der Waals surface area contributed by atoms with Crippen molar-refractivity contribution in [2.24, 2.45) is 0 Å². The van der Waals surface area contributed by atoms with Crippen molar-refractivity contribution in [2.45, 2.75) is 6.42 Å². The summed E-state index contributed by atoms with van der Waals surface area (Å²) in [6, 6.07) is 25.7. The number of aromatic nitrogens is 1. The number of benzene rings is 3. The molecule has 150 valence electrons. The lowest BCUT2D eigenvalue weighted by molar-refractivity contribution is 0.140. The summed E-state index contributed by atoms with van der Waals surface area (Å²) in [5.41, 5.74) is 2.24. The predicted molar refractivity (Wildman–Crippen MR) is 111 cm³/mol. The van der Waals surface area contributed by atoms with Gasteiger partial charge in [-0.1, -0.05) is 48.5 Å². The molecule has 4 rings (SSSR count). The molecule has 0 fully saturated rings. The van der Waals surface area contributed by atoms with Gasteiger partial charge < -0.3 is 18.6 Å². The first-order valence-corrected chi connectivity index (χ1v) is 9.34. The Morgan fingerprint density at radius 2 is 1.50 bits per heavy atom. The summed E-state index contributed by atoms with van der Waals surface area (Å²) >= 11 is 0. The lowest BCUT2D eigenvalue weighted by atomic mass is 10.1. The van der Waals surface area contributed by atoms with Crippen molar-refractivity contribution in [2.75, 3.05) is 7.11 Å². The Bertz CT molecular complexity index is 1110. The lowest BCUT2D eigenvalue weighted by Crippen LogP contribution is -2.14. The summed E-state index contributed by atoms with van der Waals surface area (Å²) in [5, 5.41) is 0. The highest BCUT2D eigenvalue weighted by molar-refractivity contribution is 5.67. The van der Waals surface area contributed by atoms with Crippen LogP contribution in [0.5, 0.6) is 17.4 Å². The van der Waals surface area contributed by atoms with Gasteiger partial charge in [0.15, 0.2) is 0 Å². The summed E-state index contributed by atoms with van der Waals surface area (Å²) < 4.78 is 21.5. The molecule has 3 aromatic carbocycles. The zero-order valence-electron chi connectivity index (χ0n) is 16.3. The number of hydrogen-bond donors (Lipinski definition) is 0. The number of hydrogen-bond acceptors (Lipinski definition) is 6. The number of nitrogens with zero attached hydrogens (tertiary/aromatic N) is 1. The molecule has 30 heavy (non-hydrogen) atoms. The normalized spacial score (nSPS) is 10.4. The van der Waals surface area contributed by atoms with Crippen molar-refractivity contribution in [3.8, 4) is 28.9 Å². The van der Waals surface area contributed by atoms with E-state index >= 15 is 0 Å². The second-order valence-electron chi connectivity index (χ2n) is 6.41. The van der Waals surface area contributed by atoms with Gasteiger partial charge in [0.1, 0.15) is 17.2 Å². The second-order valence-corrected chi connectivity index (χ2v) is 6.41. The molecule has 0 atom stereocenters. The zero-order chi connectivity index (χ0) is 20.8. The molecule has 0 aliphatic rings. The Morgan fingerprint density at radius 1 is 0.833 bits per heavy atom. The maximum Gasteiger partial charge on any atom is 0.521 e. The van der Waals surface area contributed by atoms with E-state index in [4.69, 9.17) is 18.6 Å². The summed E-state index contributed by atoms with van der Waals surface area (Å²) in [4.78, 5) is 16.8. The van der Waals surface area contributed by atoms with Crippen LogP contribution in [0.2, 0.25) is 0 Å². The Morgan fingerprint density at radius 3 is 2.17 bits per heavy atom. The number of carbonyl (C=O) groups is 1. The van der Waals surface area contributed by atoms with Gasteiger partial charge >= 0.3 is 12.1 Å². The third kappa shape index (κ3) is 4.67. The standard InChI is InChI=1S/C24H19NO5/c1-27-19-14-12-18(13-15-19)22-25-21(16-17-8-4-2-5-9-17)23(29-22)30-24(26)28-20-10-6-3-7-11-20/h2-15H,16H2,1H3. The van der Waals surface area contributed by atoms with E-state index in [-0.39, 0.29) is 5.95 Å². The van der Waals surface area contributed by atoms with Crippen molar-refractivity contribution >= 4 is 6.16 Å². The van der Waals surface area contributed by atoms with Gasteiger partial charge in [0, 0.05) is 12.0 Å². The van der Waals surface area contributed by atoms with Gasteiger partial charge in [0.05, 0.1) is 7.11 Å². The number of ether oxygens (including phenoxy) is 3. The van der Waals surface area contributed by atoms with Gasteiger partial charge in [-0.05, 0) is 42.0 Å². The van der Waals surface area contributed by atoms with Crippen molar-refractivity contribution < 1.29 is 23.4 Å². The van der Waals surface area contributed by atoms with E-state index in [0.29, 0.717) is 23.8 Å². The SMILES string of the molecule is COc1ccc(-c2nc(Cc3ccccc3)c(OC(=O)Oc3ccccc3)o2)cc1. The molecule has 1 heterocycles. The molecular formula is C24H19NO5. The monoisotopic (exact) mass is 401 g/mol. The highest BCUT2D eigenvalue weighted by atomic mass is 16.8. The fraction of sp³-hybridized carbons (Fsp3) is 0.0833. The van der Waals surface area contributed by atoms with Crippen LogP contribution in [-0.4, -0.2) is 18.2 Å². The van der Waals surface area contributed by atoms with E-state index in [1.807, 2.05) is 48.5 Å². The van der Waals surface area contributed by atoms with Crippen molar-refractivity contribution in [3.63, 3.8) is 0 Å². The van der Waals surface area contributed by atoms with Crippen LogP contribution in [0.4, 0.5) is 4.79 Å². The highest BCUT2D eigenvalue weighted by Crippen LogP contribution is 2.30. The summed E-state index contributed by atoms with van der Waals surface area (Å²) in [6.45, 7) is 0. The first-order valence-electron chi connectivity index (χ1n) is 9.34. The number of oxazole rings is 1. The molecule has 6 nitrogen and oxygen atoms in total. The average molecular weight is 401 g/mol. The minimum Gasteiger partial charge on any atom is -0.497 e. The third-order valence-electron chi connectivity index (χ3n) is 4.33. The summed E-state index contributed by atoms with van der Waals surface area (Å²) in [5.74, 6) is 1.44. The van der Waals surface area contributed by atoms with Crippen LogP contribution in [0, 0.1) is 0 Å². The van der Waals surface area contributed by atoms with Crippen LogP contribution >= 0.6 is 0 Å². The van der Waals surface area contributed by atoms with Gasteiger partial charge in [0.25, 0.3) is 0 Å². The van der Waals surface area contributed by atoms with Gasteiger partial charge in [-0.3, -0.25) is 0 Å². The van der Waals surface area contributed by atoms with Crippen LogP contribution in [0.3, 0.4) is 0 Å². The molecule has 0 radical (unpaired) electrons. The molecule has 0 saturated heterocycles. The molecule has 0 saturated carbocycles. The molecular weight excluding hydrogens is 382 g/mol. The van der Waals surface area contributed by atoms with Gasteiger partial charge in [-0.2, -0.15) is 0 Å². The van der Waals surface area contributed by atoms with Crippen LogP contribution in [0.1, 0.15) is 11.3 Å². The largest absolute Gasteiger partial charge is 0.521 e. The molecule has 0 amide bonds. The molecule has 4 aromatic rings. The second kappa shape index (κ2) is 8.96. The molecule has 1 aromatic heterocycles. The third-order valence-corrected chi connectivity index (χ3v) is 4.33. The first-order chi connectivity index (χ1) is 14.7. The van der Waals surface area contributed by atoms with Gasteiger partial charge in [-0.25, -0.2) is 9.78 Å². The molecule has 0 aliphatic carbocycles. The predicted octanol–water partition coefficient (Wildman–Crippen LogP) is 5.52. The molecule has 0 bridgehead atoms. The zero-order valence-corrected chi connectivity index (χ0v) is 16.3. The van der Waals surface area contributed by atoms with E-state index in [0.717, 1.165) is 16.9 Å². The van der Waals surface area contributed by atoms with E-state index in [1.165, 1.54) is 0 Å². The summed E-state index contributed by atoms with van der Waals surface area (Å²) in [6.07, 6.45) is -0.456. The number of methoxy groups -OCH3 is 1. The van der Waals surface area contributed by atoms with E-state index in [1.54, 1.807) is 43.5 Å². The van der Waals surface area contributed by atoms with E-state index in [2.05, 4.69) is 4.98 Å². The molecule has 0 unspecified atom stereocenters. The number of para-hydroxylation sites is 1. The lowest BCUT2D eigenvalue weighted by Gasteiger charge is -2.04. The molecule has 0 N–H and O–H groups in total. The Hall–Kier alpha value is -4.06. The molecule has 0 aliphatic heterocycles. The van der Waals surface area contributed by atoms with E-state index in [9.17, 15) is 4.79 Å². The number of rotatable bonds is 6. The molecule has 0 spiro atoms. The Kier molecular flexibility index (Phi) is 5.75. The quantitative estimate of drug-likeness (QED) is 0.313. The van der Waals surface area contributed by atoms with Crippen LogP contribution in [0.25, 0.3) is 11.5 Å². The van der Waals surface area contributed by atoms with Gasteiger partial charge in [-0.15, -0.1) is 0 Å². The fourth-order valence-electron chi connectivity index (χ4n) is 2.86. The average Bonchev–Trinajstić information content (AvgIpc) is 3.17. The van der Waals surface area contributed by atoms with Crippen molar-refractivity contribution in [1.29, 1.82) is 0 Å².